The fourth-order valence-corrected chi connectivity index (χ4v) is 2.27. The van der Waals surface area contributed by atoms with Crippen molar-refractivity contribution in [3.05, 3.63) is 36.0 Å². The van der Waals surface area contributed by atoms with Gasteiger partial charge in [-0.1, -0.05) is 18.2 Å². The van der Waals surface area contributed by atoms with Gasteiger partial charge < -0.3 is 26.1 Å². The zero-order valence-corrected chi connectivity index (χ0v) is 14.7. The molecule has 1 atom stereocenters. The van der Waals surface area contributed by atoms with E-state index in [2.05, 4.69) is 46.2 Å². The second kappa shape index (κ2) is 11.6. The predicted octanol–water partition coefficient (Wildman–Crippen LogP) is 0.0582. The van der Waals surface area contributed by atoms with E-state index in [0.29, 0.717) is 25.7 Å². The molecule has 0 aliphatic heterocycles. The number of hydrogen-bond donors (Lipinski definition) is 6. The quantitative estimate of drug-likeness (QED) is 0.169. The fourth-order valence-electron chi connectivity index (χ4n) is 2.27. The molecule has 9 heteroatoms. The number of rotatable bonds is 8. The van der Waals surface area contributed by atoms with Crippen LogP contribution in [0.25, 0.3) is 10.9 Å². The minimum absolute atomic E-state index is 0.0517. The molecule has 0 aliphatic carbocycles. The van der Waals surface area contributed by atoms with Crippen LogP contribution in [0, 0.1) is 6.92 Å². The van der Waals surface area contributed by atoms with Crippen LogP contribution in [0.15, 0.2) is 30.5 Å². The van der Waals surface area contributed by atoms with E-state index < -0.39 is 12.1 Å². The number of carbonyl (C=O) groups excluding carboxylic acids is 3. The maximum absolute atomic E-state index is 11.1. The lowest BCUT2D eigenvalue weighted by Crippen LogP contribution is -2.43. The van der Waals surface area contributed by atoms with Crippen molar-refractivity contribution < 1.29 is 14.4 Å². The molecule has 2 aromatic rings. The number of aryl methyl sites for hydroxylation is 1. The van der Waals surface area contributed by atoms with Crippen LogP contribution in [0.5, 0.6) is 0 Å². The zero-order chi connectivity index (χ0) is 19.4. The van der Waals surface area contributed by atoms with Crippen molar-refractivity contribution in [3.8, 4) is 0 Å². The average Bonchev–Trinajstić information content (AvgIpc) is 3.00. The van der Waals surface area contributed by atoms with Crippen LogP contribution < -0.4 is 27.6 Å². The van der Waals surface area contributed by atoms with Crippen LogP contribution in [0.4, 0.5) is 4.79 Å². The number of nitrogens with two attached hydrogens (primary N) is 2. The summed E-state index contributed by atoms with van der Waals surface area (Å²) >= 11 is 0. The zero-order valence-electron chi connectivity index (χ0n) is 14.7. The Morgan fingerprint density at radius 2 is 2.04 bits per heavy atom. The molecule has 8 N–H and O–H groups in total. The molecule has 3 amide bonds. The first kappa shape index (κ1) is 21.1. The molecule has 0 radical (unpaired) electrons. The van der Waals surface area contributed by atoms with Gasteiger partial charge in [-0.25, -0.2) is 4.79 Å². The molecular formula is C17H26N6O3. The van der Waals surface area contributed by atoms with Crippen LogP contribution >= 0.6 is 0 Å². The number of fused-ring (bicyclic) bond motifs is 1. The molecule has 2 rings (SSSR count). The molecule has 1 aromatic heterocycles. The maximum atomic E-state index is 11.1. The van der Waals surface area contributed by atoms with E-state index in [1.807, 2.05) is 12.3 Å². The second-order valence-corrected chi connectivity index (χ2v) is 5.64. The molecule has 26 heavy (non-hydrogen) atoms. The Hall–Kier alpha value is -2.91. The summed E-state index contributed by atoms with van der Waals surface area (Å²) < 4.78 is 0. The number of aldehydes is 1. The third-order valence-electron chi connectivity index (χ3n) is 3.56. The summed E-state index contributed by atoms with van der Waals surface area (Å²) in [5, 5.41) is 6.17. The summed E-state index contributed by atoms with van der Waals surface area (Å²) in [6.07, 6.45) is 3.64. The molecule has 1 heterocycles. The summed E-state index contributed by atoms with van der Waals surface area (Å²) in [6.45, 7) is 2.42. The van der Waals surface area contributed by atoms with Crippen LogP contribution in [0.1, 0.15) is 18.4 Å². The minimum Gasteiger partial charge on any atom is -0.361 e. The van der Waals surface area contributed by atoms with Crippen molar-refractivity contribution in [2.45, 2.75) is 25.8 Å². The molecule has 0 unspecified atom stereocenters. The van der Waals surface area contributed by atoms with Gasteiger partial charge in [0.2, 0.25) is 5.91 Å². The van der Waals surface area contributed by atoms with Crippen LogP contribution in [-0.2, 0) is 9.59 Å². The Kier molecular flexibility index (Phi) is 9.44. The van der Waals surface area contributed by atoms with Gasteiger partial charge >= 0.3 is 6.03 Å². The molecule has 0 spiro atoms. The summed E-state index contributed by atoms with van der Waals surface area (Å²) in [5.74, 6) is 4.58. The standard InChI is InChI=1S/C9H9N.C8H17N5O3/c1-7-6-10-9-5-3-2-4-8(7)9;9-8(16)11-3-1-2-6(5-14)13-7(15)4-12-10/h2-6,10H,1H3;5-6,12H,1-4,10H2,(H,13,15)(H3,9,11,16)/t;6-/m.0/s1. The highest BCUT2D eigenvalue weighted by atomic mass is 16.2. The molecule has 142 valence electrons. The summed E-state index contributed by atoms with van der Waals surface area (Å²) in [4.78, 5) is 35.2. The molecular weight excluding hydrogens is 336 g/mol. The number of aromatic nitrogens is 1. The number of amides is 3. The number of urea groups is 1. The number of aromatic amines is 1. The van der Waals surface area contributed by atoms with Crippen LogP contribution in [0.3, 0.4) is 0 Å². The predicted molar refractivity (Wildman–Crippen MR) is 100 cm³/mol. The first-order valence-electron chi connectivity index (χ1n) is 8.22. The van der Waals surface area contributed by atoms with Gasteiger partial charge in [-0.2, -0.15) is 0 Å². The van der Waals surface area contributed by atoms with E-state index in [4.69, 9.17) is 11.6 Å². The van der Waals surface area contributed by atoms with Gasteiger partial charge in [-0.15, -0.1) is 0 Å². The van der Waals surface area contributed by atoms with Gasteiger partial charge in [0.05, 0.1) is 12.6 Å². The Balaban J connectivity index is 0.000000284. The largest absolute Gasteiger partial charge is 0.361 e. The smallest absolute Gasteiger partial charge is 0.312 e. The van der Waals surface area contributed by atoms with E-state index in [1.54, 1.807) is 0 Å². The molecule has 1 aromatic carbocycles. The first-order valence-corrected chi connectivity index (χ1v) is 8.22. The van der Waals surface area contributed by atoms with Crippen molar-refractivity contribution in [3.63, 3.8) is 0 Å². The minimum atomic E-state index is -0.612. The molecule has 0 saturated carbocycles. The van der Waals surface area contributed by atoms with E-state index in [9.17, 15) is 14.4 Å². The lowest BCUT2D eigenvalue weighted by atomic mass is 10.2. The first-order chi connectivity index (χ1) is 12.5. The SMILES string of the molecule is Cc1c[nH]c2ccccc12.NNCC(=O)N[C@H](C=O)CCCNC(N)=O. The van der Waals surface area contributed by atoms with Gasteiger partial charge in [-0.3, -0.25) is 16.1 Å². The molecule has 9 nitrogen and oxygen atoms in total. The summed E-state index contributed by atoms with van der Waals surface area (Å²) in [6, 6.07) is 7.12. The highest BCUT2D eigenvalue weighted by Gasteiger charge is 2.10. The van der Waals surface area contributed by atoms with Crippen molar-refractivity contribution in [2.75, 3.05) is 13.1 Å². The normalized spacial score (nSPS) is 11.2. The summed E-state index contributed by atoms with van der Waals surface area (Å²) in [5.41, 5.74) is 9.57. The van der Waals surface area contributed by atoms with Gasteiger partial charge in [-0.05, 0) is 31.4 Å². The molecule has 0 aliphatic rings. The van der Waals surface area contributed by atoms with Crippen molar-refractivity contribution in [1.82, 2.24) is 21.0 Å². The number of nitrogens with one attached hydrogen (secondary N) is 4. The highest BCUT2D eigenvalue weighted by molar-refractivity contribution is 5.82. The van der Waals surface area contributed by atoms with Crippen molar-refractivity contribution in [1.29, 1.82) is 0 Å². The number of benzene rings is 1. The van der Waals surface area contributed by atoms with Gasteiger partial charge in [0.25, 0.3) is 0 Å². The van der Waals surface area contributed by atoms with E-state index in [0.717, 1.165) is 0 Å². The Morgan fingerprint density at radius 1 is 1.31 bits per heavy atom. The highest BCUT2D eigenvalue weighted by Crippen LogP contribution is 2.15. The average molecular weight is 362 g/mol. The fraction of sp³-hybridized carbons (Fsp3) is 0.353. The number of H-pyrrole nitrogens is 1. The monoisotopic (exact) mass is 362 g/mol. The van der Waals surface area contributed by atoms with Crippen LogP contribution in [0.2, 0.25) is 0 Å². The number of hydrazine groups is 1. The number of carbonyl (C=O) groups is 3. The number of primary amides is 1. The second-order valence-electron chi connectivity index (χ2n) is 5.64. The maximum Gasteiger partial charge on any atom is 0.312 e. The lowest BCUT2D eigenvalue weighted by Gasteiger charge is -2.12. The van der Waals surface area contributed by atoms with E-state index in [1.165, 1.54) is 16.5 Å². The third-order valence-corrected chi connectivity index (χ3v) is 3.56. The van der Waals surface area contributed by atoms with E-state index >= 15 is 0 Å². The molecule has 0 saturated heterocycles. The third kappa shape index (κ3) is 7.77. The van der Waals surface area contributed by atoms with Gasteiger partial charge in [0.15, 0.2) is 0 Å². The van der Waals surface area contributed by atoms with E-state index in [-0.39, 0.29) is 12.5 Å². The van der Waals surface area contributed by atoms with Gasteiger partial charge in [0, 0.05) is 23.6 Å². The van der Waals surface area contributed by atoms with Gasteiger partial charge in [0.1, 0.15) is 6.29 Å². The Bertz CT molecular complexity index is 715. The van der Waals surface area contributed by atoms with Crippen LogP contribution in [-0.4, -0.2) is 42.3 Å². The molecule has 0 fully saturated rings. The molecule has 0 bridgehead atoms. The lowest BCUT2D eigenvalue weighted by molar-refractivity contribution is -0.123. The number of hydrogen-bond acceptors (Lipinski definition) is 5. The van der Waals surface area contributed by atoms with Crippen molar-refractivity contribution in [2.24, 2.45) is 11.6 Å². The van der Waals surface area contributed by atoms with Crippen molar-refractivity contribution >= 4 is 29.1 Å². The Morgan fingerprint density at radius 3 is 2.65 bits per heavy atom. The Labute approximate surface area is 151 Å². The summed E-state index contributed by atoms with van der Waals surface area (Å²) in [7, 11) is 0. The topological polar surface area (TPSA) is 155 Å². The number of para-hydroxylation sites is 1.